The molecule has 2 rings (SSSR count). The molecule has 96 valence electrons. The molecular weight excluding hydrogens is 252 g/mol. The van der Waals surface area contributed by atoms with Gasteiger partial charge in [0.15, 0.2) is 0 Å². The van der Waals surface area contributed by atoms with Crippen molar-refractivity contribution in [1.29, 1.82) is 0 Å². The average molecular weight is 267 g/mol. The van der Waals surface area contributed by atoms with Gasteiger partial charge in [-0.1, -0.05) is 13.8 Å². The Morgan fingerprint density at radius 3 is 2.50 bits per heavy atom. The van der Waals surface area contributed by atoms with E-state index in [9.17, 15) is 8.78 Å². The number of benzene rings is 1. The van der Waals surface area contributed by atoms with Gasteiger partial charge < -0.3 is 5.73 Å². The van der Waals surface area contributed by atoms with E-state index in [1.54, 1.807) is 6.07 Å². The number of hydrogen-bond acceptors (Lipinski definition) is 2. The molecular formula is C14H15F2NS. The second-order valence-corrected chi connectivity index (χ2v) is 5.71. The maximum Gasteiger partial charge on any atom is 0.132 e. The molecule has 0 radical (unpaired) electrons. The molecule has 0 saturated heterocycles. The van der Waals surface area contributed by atoms with Gasteiger partial charge >= 0.3 is 0 Å². The number of hydrogen-bond donors (Lipinski definition) is 1. The monoisotopic (exact) mass is 267 g/mol. The molecule has 0 aliphatic rings. The van der Waals surface area contributed by atoms with Gasteiger partial charge in [0.1, 0.15) is 11.6 Å². The van der Waals surface area contributed by atoms with Gasteiger partial charge in [-0.3, -0.25) is 0 Å². The van der Waals surface area contributed by atoms with Crippen LogP contribution in [0.4, 0.5) is 8.78 Å². The molecule has 0 amide bonds. The van der Waals surface area contributed by atoms with Crippen molar-refractivity contribution in [2.75, 3.05) is 0 Å². The summed E-state index contributed by atoms with van der Waals surface area (Å²) in [4.78, 5) is 1.70. The number of rotatable bonds is 3. The van der Waals surface area contributed by atoms with Gasteiger partial charge in [0.2, 0.25) is 0 Å². The van der Waals surface area contributed by atoms with Gasteiger partial charge in [-0.15, -0.1) is 11.3 Å². The molecule has 0 saturated carbocycles. The summed E-state index contributed by atoms with van der Waals surface area (Å²) in [5, 5.41) is 0. The minimum atomic E-state index is -0.436. The highest BCUT2D eigenvalue weighted by atomic mass is 32.1. The SMILES string of the molecule is CC(C)C(N)c1ccc(-c2cc(F)ccc2F)s1. The van der Waals surface area contributed by atoms with Crippen LogP contribution in [0.25, 0.3) is 10.4 Å². The number of thiophene rings is 1. The van der Waals surface area contributed by atoms with Gasteiger partial charge in [0, 0.05) is 21.4 Å². The zero-order valence-corrected chi connectivity index (χ0v) is 11.1. The van der Waals surface area contributed by atoms with Gasteiger partial charge in [-0.25, -0.2) is 8.78 Å². The molecule has 0 fully saturated rings. The first-order valence-electron chi connectivity index (χ1n) is 5.79. The van der Waals surface area contributed by atoms with Crippen molar-refractivity contribution in [3.63, 3.8) is 0 Å². The Morgan fingerprint density at radius 1 is 1.11 bits per heavy atom. The fraction of sp³-hybridized carbons (Fsp3) is 0.286. The largest absolute Gasteiger partial charge is 0.323 e. The Bertz CT molecular complexity index is 548. The van der Waals surface area contributed by atoms with E-state index < -0.39 is 11.6 Å². The Kier molecular flexibility index (Phi) is 3.78. The van der Waals surface area contributed by atoms with E-state index in [1.807, 2.05) is 19.9 Å². The fourth-order valence-corrected chi connectivity index (χ4v) is 2.89. The van der Waals surface area contributed by atoms with E-state index in [1.165, 1.54) is 17.4 Å². The summed E-state index contributed by atoms with van der Waals surface area (Å²) in [6.45, 7) is 4.07. The van der Waals surface area contributed by atoms with Crippen LogP contribution >= 0.6 is 11.3 Å². The van der Waals surface area contributed by atoms with Gasteiger partial charge in [-0.05, 0) is 36.2 Å². The van der Waals surface area contributed by atoms with Crippen LogP contribution in [0, 0.1) is 17.6 Å². The predicted molar refractivity (Wildman–Crippen MR) is 71.4 cm³/mol. The normalized spacial score (nSPS) is 13.0. The molecule has 1 aromatic carbocycles. The lowest BCUT2D eigenvalue weighted by atomic mass is 10.0. The molecule has 0 aliphatic heterocycles. The molecule has 1 atom stereocenters. The van der Waals surface area contributed by atoms with Crippen LogP contribution in [0.5, 0.6) is 0 Å². The Balaban J connectivity index is 2.38. The first-order valence-corrected chi connectivity index (χ1v) is 6.61. The molecule has 0 bridgehead atoms. The maximum absolute atomic E-state index is 13.6. The lowest BCUT2D eigenvalue weighted by Crippen LogP contribution is -2.14. The smallest absolute Gasteiger partial charge is 0.132 e. The molecule has 18 heavy (non-hydrogen) atoms. The first-order chi connectivity index (χ1) is 8.49. The van der Waals surface area contributed by atoms with Crippen molar-refractivity contribution in [3.05, 3.63) is 46.8 Å². The van der Waals surface area contributed by atoms with Crippen molar-refractivity contribution in [2.45, 2.75) is 19.9 Å². The third kappa shape index (κ3) is 2.60. The van der Waals surface area contributed by atoms with Gasteiger partial charge in [0.05, 0.1) is 0 Å². The molecule has 0 spiro atoms. The predicted octanol–water partition coefficient (Wildman–Crippen LogP) is 4.35. The third-order valence-electron chi connectivity index (χ3n) is 2.87. The lowest BCUT2D eigenvalue weighted by molar-refractivity contribution is 0.521. The van der Waals surface area contributed by atoms with Crippen LogP contribution in [0.2, 0.25) is 0 Å². The minimum Gasteiger partial charge on any atom is -0.323 e. The summed E-state index contributed by atoms with van der Waals surface area (Å²) in [5.74, 6) is -0.536. The van der Waals surface area contributed by atoms with Crippen molar-refractivity contribution >= 4 is 11.3 Å². The molecule has 4 heteroatoms. The number of halogens is 2. The topological polar surface area (TPSA) is 26.0 Å². The molecule has 2 N–H and O–H groups in total. The molecule has 1 aromatic heterocycles. The van der Waals surface area contributed by atoms with E-state index in [0.29, 0.717) is 16.4 Å². The average Bonchev–Trinajstić information content (AvgIpc) is 2.80. The molecule has 2 aromatic rings. The molecule has 1 heterocycles. The van der Waals surface area contributed by atoms with Crippen molar-refractivity contribution in [1.82, 2.24) is 0 Å². The van der Waals surface area contributed by atoms with E-state index in [0.717, 1.165) is 17.0 Å². The highest BCUT2D eigenvalue weighted by Gasteiger charge is 2.15. The molecule has 1 unspecified atom stereocenters. The van der Waals surface area contributed by atoms with Crippen LogP contribution in [0.3, 0.4) is 0 Å². The fourth-order valence-electron chi connectivity index (χ4n) is 1.69. The van der Waals surface area contributed by atoms with Crippen LogP contribution in [0.1, 0.15) is 24.8 Å². The second kappa shape index (κ2) is 5.16. The highest BCUT2D eigenvalue weighted by Crippen LogP contribution is 2.34. The zero-order chi connectivity index (χ0) is 13.3. The maximum atomic E-state index is 13.6. The van der Waals surface area contributed by atoms with Crippen LogP contribution in [0.15, 0.2) is 30.3 Å². The summed E-state index contributed by atoms with van der Waals surface area (Å²) < 4.78 is 26.8. The lowest BCUT2D eigenvalue weighted by Gasteiger charge is -2.12. The van der Waals surface area contributed by atoms with Crippen molar-refractivity contribution < 1.29 is 8.78 Å². The van der Waals surface area contributed by atoms with Gasteiger partial charge in [0.25, 0.3) is 0 Å². The van der Waals surface area contributed by atoms with Crippen molar-refractivity contribution in [3.8, 4) is 10.4 Å². The first kappa shape index (κ1) is 13.2. The van der Waals surface area contributed by atoms with Crippen LogP contribution in [-0.4, -0.2) is 0 Å². The Labute approximate surface area is 109 Å². The Hall–Kier alpha value is -1.26. The standard InChI is InChI=1S/C14H15F2NS/c1-8(2)14(17)13-6-5-12(18-13)10-7-9(15)3-4-11(10)16/h3-8,14H,17H2,1-2H3. The second-order valence-electron chi connectivity index (χ2n) is 4.60. The van der Waals surface area contributed by atoms with Crippen LogP contribution < -0.4 is 5.73 Å². The molecule has 1 nitrogen and oxygen atoms in total. The Morgan fingerprint density at radius 2 is 1.83 bits per heavy atom. The number of nitrogens with two attached hydrogens (primary N) is 1. The third-order valence-corrected chi connectivity index (χ3v) is 4.09. The zero-order valence-electron chi connectivity index (χ0n) is 10.3. The highest BCUT2D eigenvalue weighted by molar-refractivity contribution is 7.15. The quantitative estimate of drug-likeness (QED) is 0.879. The summed E-state index contributed by atoms with van der Waals surface area (Å²) in [6.07, 6.45) is 0. The summed E-state index contributed by atoms with van der Waals surface area (Å²) in [7, 11) is 0. The summed E-state index contributed by atoms with van der Waals surface area (Å²) >= 11 is 1.41. The van der Waals surface area contributed by atoms with E-state index in [-0.39, 0.29) is 6.04 Å². The van der Waals surface area contributed by atoms with Crippen molar-refractivity contribution in [2.24, 2.45) is 11.7 Å². The molecule has 0 aliphatic carbocycles. The minimum absolute atomic E-state index is 0.0691. The van der Waals surface area contributed by atoms with Crippen LogP contribution in [-0.2, 0) is 0 Å². The summed E-state index contributed by atoms with van der Waals surface area (Å²) in [5.41, 5.74) is 6.33. The van der Waals surface area contributed by atoms with E-state index in [2.05, 4.69) is 0 Å². The van der Waals surface area contributed by atoms with E-state index >= 15 is 0 Å². The van der Waals surface area contributed by atoms with Gasteiger partial charge in [-0.2, -0.15) is 0 Å². The summed E-state index contributed by atoms with van der Waals surface area (Å²) in [6, 6.07) is 7.08. The van der Waals surface area contributed by atoms with E-state index in [4.69, 9.17) is 5.73 Å².